The smallest absolute Gasteiger partial charge is 0.366 e. The first-order valence-corrected chi connectivity index (χ1v) is 5.06. The molecule has 0 saturated heterocycles. The van der Waals surface area contributed by atoms with Crippen molar-refractivity contribution in [1.29, 1.82) is 5.26 Å². The Balaban J connectivity index is 3.67. The van der Waals surface area contributed by atoms with E-state index in [1.807, 2.05) is 5.32 Å². The molecule has 0 spiro atoms. The van der Waals surface area contributed by atoms with E-state index in [1.165, 1.54) is 6.07 Å². The fourth-order valence-electron chi connectivity index (χ4n) is 1.47. The maximum absolute atomic E-state index is 12.8. The van der Waals surface area contributed by atoms with Gasteiger partial charge in [-0.3, -0.25) is 10.1 Å². The number of nitro groups is 1. The molecule has 5 nitrogen and oxygen atoms in total. The van der Waals surface area contributed by atoms with E-state index in [2.05, 4.69) is 0 Å². The van der Waals surface area contributed by atoms with Crippen LogP contribution in [0.2, 0.25) is 0 Å². The molecule has 0 saturated carbocycles. The largest absolute Gasteiger partial charge is 0.418 e. The van der Waals surface area contributed by atoms with E-state index in [0.717, 1.165) is 0 Å². The molecular weight excluding hydrogens is 308 g/mol. The minimum atomic E-state index is -5.26. The molecule has 0 aromatic heterocycles. The lowest BCUT2D eigenvalue weighted by atomic mass is 10.1. The minimum absolute atomic E-state index is 0.0189. The lowest BCUT2D eigenvalue weighted by Gasteiger charge is -2.16. The molecule has 1 rings (SSSR count). The average Bonchev–Trinajstić information content (AvgIpc) is 2.32. The molecule has 0 unspecified atom stereocenters. The van der Waals surface area contributed by atoms with E-state index in [1.54, 1.807) is 0 Å². The quantitative estimate of drug-likeness (QED) is 0.400. The zero-order valence-corrected chi connectivity index (χ0v) is 9.84. The number of nitrogens with zero attached hydrogens (tertiary/aromatic N) is 2. The molecule has 21 heavy (non-hydrogen) atoms. The van der Waals surface area contributed by atoms with Gasteiger partial charge in [0.2, 0.25) is 0 Å². The van der Waals surface area contributed by atoms with Crippen molar-refractivity contribution in [2.45, 2.75) is 12.4 Å². The van der Waals surface area contributed by atoms with Gasteiger partial charge in [0, 0.05) is 6.07 Å². The van der Waals surface area contributed by atoms with Gasteiger partial charge in [0.15, 0.2) is 0 Å². The lowest BCUT2D eigenvalue weighted by molar-refractivity contribution is -0.384. The first kappa shape index (κ1) is 16.5. The Morgan fingerprint density at radius 3 is 2.14 bits per heavy atom. The van der Waals surface area contributed by atoms with E-state index in [4.69, 9.17) is 5.26 Å². The molecule has 1 aromatic carbocycles. The van der Waals surface area contributed by atoms with E-state index < -0.39 is 46.3 Å². The molecule has 0 heterocycles. The molecule has 0 aliphatic heterocycles. The summed E-state index contributed by atoms with van der Waals surface area (Å²) in [6, 6.07) is 1.12. The maximum Gasteiger partial charge on any atom is 0.418 e. The Kier molecular flexibility index (Phi) is 4.31. The summed E-state index contributed by atoms with van der Waals surface area (Å²) in [7, 11) is 0. The molecule has 114 valence electrons. The van der Waals surface area contributed by atoms with Gasteiger partial charge in [-0.15, -0.1) is 0 Å². The SMILES string of the molecule is N#CCNc1c([N+](=O)[O-])cc(C(F)(F)F)cc1C(F)(F)F. The Bertz CT molecular complexity index is 603. The first-order valence-electron chi connectivity index (χ1n) is 5.06. The number of nitrogens with one attached hydrogen (secondary N) is 1. The predicted octanol–water partition coefficient (Wildman–Crippen LogP) is 3.57. The highest BCUT2D eigenvalue weighted by molar-refractivity contribution is 5.69. The number of nitro benzene ring substituents is 1. The van der Waals surface area contributed by atoms with E-state index in [0.29, 0.717) is 0 Å². The maximum atomic E-state index is 12.8. The van der Waals surface area contributed by atoms with Crippen LogP contribution in [0.5, 0.6) is 0 Å². The van der Waals surface area contributed by atoms with Gasteiger partial charge in [0.1, 0.15) is 12.2 Å². The third-order valence-corrected chi connectivity index (χ3v) is 2.29. The Morgan fingerprint density at radius 2 is 1.76 bits per heavy atom. The fraction of sp³-hybridized carbons (Fsp3) is 0.300. The molecule has 1 N–H and O–H groups in total. The van der Waals surface area contributed by atoms with Crippen LogP contribution in [-0.4, -0.2) is 11.5 Å². The van der Waals surface area contributed by atoms with Gasteiger partial charge < -0.3 is 5.32 Å². The van der Waals surface area contributed by atoms with Gasteiger partial charge in [-0.2, -0.15) is 31.6 Å². The standard InChI is InChI=1S/C10H5F6N3O2/c11-9(12,13)5-3-6(10(14,15)16)8(18-2-1-17)7(4-5)19(20)21/h3-4,18H,2H2. The Labute approximate surface area is 112 Å². The van der Waals surface area contributed by atoms with Crippen LogP contribution in [0.15, 0.2) is 12.1 Å². The second-order valence-electron chi connectivity index (χ2n) is 3.68. The van der Waals surface area contributed by atoms with Crippen molar-refractivity contribution in [1.82, 2.24) is 0 Å². The van der Waals surface area contributed by atoms with Gasteiger partial charge in [0.25, 0.3) is 5.69 Å². The number of halogens is 6. The summed E-state index contributed by atoms with van der Waals surface area (Å²) in [5.74, 6) is 0. The summed E-state index contributed by atoms with van der Waals surface area (Å²) < 4.78 is 75.9. The van der Waals surface area contributed by atoms with Crippen LogP contribution in [0.3, 0.4) is 0 Å². The normalized spacial score (nSPS) is 11.9. The highest BCUT2D eigenvalue weighted by Gasteiger charge is 2.42. The van der Waals surface area contributed by atoms with Crippen molar-refractivity contribution in [3.05, 3.63) is 33.4 Å². The van der Waals surface area contributed by atoms with Crippen molar-refractivity contribution in [3.8, 4) is 6.07 Å². The van der Waals surface area contributed by atoms with Gasteiger partial charge >= 0.3 is 12.4 Å². The topological polar surface area (TPSA) is 79.0 Å². The summed E-state index contributed by atoms with van der Waals surface area (Å²) in [6.45, 7) is -0.741. The molecule has 0 aliphatic carbocycles. The Morgan fingerprint density at radius 1 is 1.19 bits per heavy atom. The molecule has 11 heteroatoms. The van der Waals surface area contributed by atoms with E-state index >= 15 is 0 Å². The van der Waals surface area contributed by atoms with Gasteiger partial charge in [-0.25, -0.2) is 0 Å². The predicted molar refractivity (Wildman–Crippen MR) is 57.2 cm³/mol. The van der Waals surface area contributed by atoms with Crippen molar-refractivity contribution in [2.24, 2.45) is 0 Å². The highest BCUT2D eigenvalue weighted by Crippen LogP contribution is 2.43. The highest BCUT2D eigenvalue weighted by atomic mass is 19.4. The van der Waals surface area contributed by atoms with Crippen LogP contribution in [0.1, 0.15) is 11.1 Å². The second kappa shape index (κ2) is 5.47. The third-order valence-electron chi connectivity index (χ3n) is 2.29. The zero-order chi connectivity index (χ0) is 16.4. The third kappa shape index (κ3) is 3.74. The number of hydrogen-bond acceptors (Lipinski definition) is 4. The molecule has 0 atom stereocenters. The average molecular weight is 313 g/mol. The summed E-state index contributed by atoms with van der Waals surface area (Å²) in [4.78, 5) is 9.31. The van der Waals surface area contributed by atoms with E-state index in [-0.39, 0.29) is 12.1 Å². The lowest BCUT2D eigenvalue weighted by Crippen LogP contribution is -2.16. The number of alkyl halides is 6. The molecule has 0 fully saturated rings. The van der Waals surface area contributed by atoms with Gasteiger partial charge in [-0.1, -0.05) is 0 Å². The van der Waals surface area contributed by atoms with Crippen LogP contribution in [-0.2, 0) is 12.4 Å². The van der Waals surface area contributed by atoms with Gasteiger partial charge in [0.05, 0.1) is 22.1 Å². The van der Waals surface area contributed by atoms with Crippen molar-refractivity contribution in [3.63, 3.8) is 0 Å². The summed E-state index contributed by atoms with van der Waals surface area (Å²) in [5.41, 5.74) is -6.25. The van der Waals surface area contributed by atoms with Crippen molar-refractivity contribution in [2.75, 3.05) is 11.9 Å². The monoisotopic (exact) mass is 313 g/mol. The molecule has 0 bridgehead atoms. The van der Waals surface area contributed by atoms with Crippen LogP contribution in [0.4, 0.5) is 37.7 Å². The van der Waals surface area contributed by atoms with Crippen LogP contribution in [0, 0.1) is 21.4 Å². The number of nitriles is 1. The van der Waals surface area contributed by atoms with Crippen LogP contribution < -0.4 is 5.32 Å². The molecule has 0 aliphatic rings. The molecule has 0 radical (unpaired) electrons. The van der Waals surface area contributed by atoms with Crippen molar-refractivity contribution >= 4 is 11.4 Å². The molecule has 0 amide bonds. The van der Waals surface area contributed by atoms with Crippen LogP contribution in [0.25, 0.3) is 0 Å². The summed E-state index contributed by atoms with van der Waals surface area (Å²) in [5, 5.41) is 20.8. The second-order valence-corrected chi connectivity index (χ2v) is 3.68. The summed E-state index contributed by atoms with van der Waals surface area (Å²) >= 11 is 0. The summed E-state index contributed by atoms with van der Waals surface area (Å²) in [6.07, 6.45) is -10.4. The van der Waals surface area contributed by atoms with Crippen LogP contribution >= 0.6 is 0 Å². The zero-order valence-electron chi connectivity index (χ0n) is 9.84. The van der Waals surface area contributed by atoms with Crippen molar-refractivity contribution < 1.29 is 31.3 Å². The molecule has 1 aromatic rings. The number of anilines is 1. The molecular formula is C10H5F6N3O2. The first-order chi connectivity index (χ1) is 9.48. The fourth-order valence-corrected chi connectivity index (χ4v) is 1.47. The van der Waals surface area contributed by atoms with Gasteiger partial charge in [-0.05, 0) is 6.07 Å². The minimum Gasteiger partial charge on any atom is -0.366 e. The Hall–Kier alpha value is -2.51. The number of benzene rings is 1. The number of hydrogen-bond donors (Lipinski definition) is 1. The van der Waals surface area contributed by atoms with E-state index in [9.17, 15) is 36.5 Å². The number of rotatable bonds is 3.